The van der Waals surface area contributed by atoms with Gasteiger partial charge < -0.3 is 23.7 Å². The van der Waals surface area contributed by atoms with Gasteiger partial charge in [-0.1, -0.05) is 121 Å². The molecule has 1 fully saturated rings. The molecule has 41 heavy (non-hydrogen) atoms. The smallest absolute Gasteiger partial charge is 0.377 e. The number of rotatable bonds is 4. The van der Waals surface area contributed by atoms with Gasteiger partial charge in [-0.2, -0.15) is 21.9 Å². The van der Waals surface area contributed by atoms with Gasteiger partial charge in [0, 0.05) is 0 Å². The molecule has 0 N–H and O–H groups in total. The summed E-state index contributed by atoms with van der Waals surface area (Å²) in [5.41, 5.74) is 5.36. The summed E-state index contributed by atoms with van der Waals surface area (Å²) in [5, 5.41) is 0. The van der Waals surface area contributed by atoms with E-state index in [2.05, 4.69) is 121 Å². The number of benzene rings is 4. The summed E-state index contributed by atoms with van der Waals surface area (Å²) in [6.07, 6.45) is -1.22. The van der Waals surface area contributed by atoms with Crippen LogP contribution in [0.25, 0.3) is 0 Å². The first-order chi connectivity index (χ1) is 19.9. The predicted molar refractivity (Wildman–Crippen MR) is 164 cm³/mol. The second-order valence-corrected chi connectivity index (χ2v) is 9.57. The van der Waals surface area contributed by atoms with E-state index in [-0.39, 0.29) is 29.6 Å². The van der Waals surface area contributed by atoms with Gasteiger partial charge in [-0.05, 0) is 0 Å². The van der Waals surface area contributed by atoms with E-state index in [0.29, 0.717) is 66.1 Å². The Morgan fingerprint density at radius 3 is 0.634 bits per heavy atom. The van der Waals surface area contributed by atoms with Crippen LogP contribution in [0.1, 0.15) is 0 Å². The Kier molecular flexibility index (Phi) is 16.0. The van der Waals surface area contributed by atoms with Crippen LogP contribution in [0.2, 0.25) is 0 Å². The second kappa shape index (κ2) is 19.8. The molecule has 0 radical (unpaired) electrons. The van der Waals surface area contributed by atoms with Gasteiger partial charge in [-0.25, -0.2) is 0 Å². The molecule has 5 nitrogen and oxygen atoms in total. The van der Waals surface area contributed by atoms with E-state index in [9.17, 15) is 0 Å². The molecular formula is C34H40BNaO5. The summed E-state index contributed by atoms with van der Waals surface area (Å²) >= 11 is 0. The van der Waals surface area contributed by atoms with Gasteiger partial charge in [0.25, 0.3) is 0 Å². The second-order valence-electron chi connectivity index (χ2n) is 9.57. The first kappa shape index (κ1) is 33.2. The van der Waals surface area contributed by atoms with Crippen molar-refractivity contribution in [1.82, 2.24) is 0 Å². The molecule has 1 saturated heterocycles. The van der Waals surface area contributed by atoms with Crippen molar-refractivity contribution in [2.24, 2.45) is 0 Å². The van der Waals surface area contributed by atoms with Crippen molar-refractivity contribution in [3.05, 3.63) is 121 Å². The molecule has 5 rings (SSSR count). The van der Waals surface area contributed by atoms with E-state index in [0.717, 1.165) is 0 Å². The summed E-state index contributed by atoms with van der Waals surface area (Å²) < 4.78 is 26.4. The van der Waals surface area contributed by atoms with Crippen LogP contribution >= 0.6 is 0 Å². The molecule has 0 unspecified atom stereocenters. The molecule has 7 heteroatoms. The maximum atomic E-state index is 5.28. The Morgan fingerprint density at radius 2 is 0.463 bits per heavy atom. The molecule has 1 heterocycles. The zero-order valence-electron chi connectivity index (χ0n) is 24.2. The molecular weight excluding hydrogens is 522 g/mol. The van der Waals surface area contributed by atoms with Gasteiger partial charge in [0.05, 0.1) is 66.1 Å². The molecule has 0 bridgehead atoms. The molecule has 0 atom stereocenters. The van der Waals surface area contributed by atoms with Crippen LogP contribution in [0.5, 0.6) is 0 Å². The topological polar surface area (TPSA) is 46.2 Å². The maximum Gasteiger partial charge on any atom is 1.00 e. The minimum Gasteiger partial charge on any atom is -0.377 e. The molecule has 4 aromatic rings. The summed E-state index contributed by atoms with van der Waals surface area (Å²) in [5.74, 6) is 0. The summed E-state index contributed by atoms with van der Waals surface area (Å²) in [7, 11) is 0. The van der Waals surface area contributed by atoms with Crippen LogP contribution in [0.15, 0.2) is 121 Å². The monoisotopic (exact) mass is 562 g/mol. The molecule has 1 aliphatic heterocycles. The van der Waals surface area contributed by atoms with Crippen LogP contribution in [0.4, 0.5) is 0 Å². The summed E-state index contributed by atoms with van der Waals surface area (Å²) in [6, 6.07) is 43.5. The predicted octanol–water partition coefficient (Wildman–Crippen LogP) is 0.151. The van der Waals surface area contributed by atoms with Gasteiger partial charge in [-0.15, -0.1) is 0 Å². The SMILES string of the molecule is C1COCCOCCOCCOCCO1.[Na+].c1ccc([B-](c2ccccc2)(c2ccccc2)c2ccccc2)cc1. The van der Waals surface area contributed by atoms with Gasteiger partial charge in [0.2, 0.25) is 0 Å². The van der Waals surface area contributed by atoms with Crippen molar-refractivity contribution < 1.29 is 53.2 Å². The van der Waals surface area contributed by atoms with Crippen molar-refractivity contribution in [2.75, 3.05) is 66.1 Å². The summed E-state index contributed by atoms with van der Waals surface area (Å²) in [6.45, 7) is 6.11. The van der Waals surface area contributed by atoms with Crippen molar-refractivity contribution in [3.8, 4) is 0 Å². The van der Waals surface area contributed by atoms with Crippen molar-refractivity contribution in [2.45, 2.75) is 0 Å². The molecule has 0 spiro atoms. The third-order valence-electron chi connectivity index (χ3n) is 7.06. The average molecular weight is 562 g/mol. The van der Waals surface area contributed by atoms with Gasteiger partial charge >= 0.3 is 29.6 Å². The van der Waals surface area contributed by atoms with Crippen LogP contribution in [-0.2, 0) is 23.7 Å². The van der Waals surface area contributed by atoms with E-state index in [4.69, 9.17) is 23.7 Å². The molecule has 1 aliphatic rings. The van der Waals surface area contributed by atoms with Crippen molar-refractivity contribution in [1.29, 1.82) is 0 Å². The fourth-order valence-corrected chi connectivity index (χ4v) is 5.22. The first-order valence-electron chi connectivity index (χ1n) is 14.2. The van der Waals surface area contributed by atoms with Crippen LogP contribution in [-0.4, -0.2) is 72.2 Å². The quantitative estimate of drug-likeness (QED) is 0.332. The molecule has 0 saturated carbocycles. The zero-order chi connectivity index (χ0) is 27.6. The maximum absolute atomic E-state index is 5.28. The van der Waals surface area contributed by atoms with Crippen molar-refractivity contribution in [3.63, 3.8) is 0 Å². The number of hydrogen-bond donors (Lipinski definition) is 0. The Bertz CT molecular complexity index is 961. The fraction of sp³-hybridized carbons (Fsp3) is 0.294. The minimum atomic E-state index is -1.22. The minimum absolute atomic E-state index is 0. The van der Waals surface area contributed by atoms with Crippen molar-refractivity contribution >= 4 is 28.0 Å². The number of ether oxygens (including phenoxy) is 5. The van der Waals surface area contributed by atoms with E-state index in [1.54, 1.807) is 0 Å². The Hall–Kier alpha value is -2.26. The fourth-order valence-electron chi connectivity index (χ4n) is 5.22. The average Bonchev–Trinajstić information content (AvgIpc) is 3.04. The van der Waals surface area contributed by atoms with E-state index in [1.165, 1.54) is 21.9 Å². The molecule has 0 aliphatic carbocycles. The van der Waals surface area contributed by atoms with Crippen LogP contribution in [0.3, 0.4) is 0 Å². The normalized spacial score (nSPS) is 15.6. The molecule has 0 amide bonds. The Labute approximate surface area is 267 Å². The molecule has 0 aromatic heterocycles. The van der Waals surface area contributed by atoms with E-state index >= 15 is 0 Å². The number of hydrogen-bond acceptors (Lipinski definition) is 5. The van der Waals surface area contributed by atoms with E-state index in [1.807, 2.05) is 0 Å². The molecule has 4 aromatic carbocycles. The van der Waals surface area contributed by atoms with Crippen LogP contribution < -0.4 is 51.4 Å². The first-order valence-corrected chi connectivity index (χ1v) is 14.2. The van der Waals surface area contributed by atoms with Gasteiger partial charge in [0.1, 0.15) is 6.15 Å². The Morgan fingerprint density at radius 1 is 0.293 bits per heavy atom. The van der Waals surface area contributed by atoms with Crippen LogP contribution in [0, 0.1) is 0 Å². The Balaban J connectivity index is 0.000000250. The standard InChI is InChI=1S/C24H20B.C10H20O5.Na/c1-5-13-21(14-6-1)25(22-15-7-2-8-16-22,23-17-9-3-10-18-23)24-19-11-4-12-20-24;1-2-12-5-6-14-9-10-15-8-7-13-4-3-11-1;/h1-20H;1-10H2;/q-1;;+1. The van der Waals surface area contributed by atoms with Gasteiger partial charge in [0.15, 0.2) is 0 Å². The third kappa shape index (κ3) is 10.2. The summed E-state index contributed by atoms with van der Waals surface area (Å²) in [4.78, 5) is 0. The molecule has 210 valence electrons. The largest absolute Gasteiger partial charge is 1.00 e. The zero-order valence-corrected chi connectivity index (χ0v) is 26.2. The van der Waals surface area contributed by atoms with E-state index < -0.39 is 6.15 Å². The van der Waals surface area contributed by atoms with Gasteiger partial charge in [-0.3, -0.25) is 0 Å². The third-order valence-corrected chi connectivity index (χ3v) is 7.06.